The predicted molar refractivity (Wildman–Crippen MR) is 84.3 cm³/mol. The average molecular weight is 306 g/mol. The van der Waals surface area contributed by atoms with Crippen LogP contribution < -0.4 is 0 Å². The summed E-state index contributed by atoms with van der Waals surface area (Å²) < 4.78 is 10.6. The summed E-state index contributed by atoms with van der Waals surface area (Å²) in [5.74, 6) is -0.0806. The van der Waals surface area contributed by atoms with Crippen LogP contribution in [0.5, 0.6) is 0 Å². The number of likely N-dealkylation sites (tertiary alicyclic amines) is 1. The van der Waals surface area contributed by atoms with Crippen molar-refractivity contribution in [3.8, 4) is 0 Å². The van der Waals surface area contributed by atoms with E-state index in [-0.39, 0.29) is 5.97 Å². The zero-order valence-corrected chi connectivity index (χ0v) is 13.6. The molecule has 0 bridgehead atoms. The summed E-state index contributed by atoms with van der Waals surface area (Å²) in [6.45, 7) is 5.42. The van der Waals surface area contributed by atoms with Gasteiger partial charge >= 0.3 is 5.97 Å². The van der Waals surface area contributed by atoms with E-state index < -0.39 is 5.41 Å². The number of pyridine rings is 1. The maximum Gasteiger partial charge on any atom is 0.313 e. The monoisotopic (exact) mass is 306 g/mol. The number of ether oxygens (including phenoxy) is 2. The maximum atomic E-state index is 12.5. The molecule has 1 atom stereocenters. The summed E-state index contributed by atoms with van der Waals surface area (Å²) in [5.41, 5.74) is 0.737. The van der Waals surface area contributed by atoms with Crippen molar-refractivity contribution < 1.29 is 14.3 Å². The first-order chi connectivity index (χ1) is 10.7. The van der Waals surface area contributed by atoms with Gasteiger partial charge in [0.05, 0.1) is 12.0 Å². The molecule has 0 aliphatic carbocycles. The molecule has 0 spiro atoms. The van der Waals surface area contributed by atoms with E-state index in [0.29, 0.717) is 19.6 Å². The number of carbonyl (C=O) groups is 1. The van der Waals surface area contributed by atoms with Crippen LogP contribution in [0.4, 0.5) is 0 Å². The van der Waals surface area contributed by atoms with E-state index in [0.717, 1.165) is 32.5 Å². The number of rotatable bonds is 7. The third kappa shape index (κ3) is 4.27. The van der Waals surface area contributed by atoms with Gasteiger partial charge in [-0.05, 0) is 44.4 Å². The smallest absolute Gasteiger partial charge is 0.313 e. The molecule has 0 radical (unpaired) electrons. The van der Waals surface area contributed by atoms with Crippen molar-refractivity contribution in [2.24, 2.45) is 5.41 Å². The molecular formula is C17H26N2O3. The number of piperidine rings is 1. The zero-order valence-electron chi connectivity index (χ0n) is 13.6. The molecule has 1 aromatic heterocycles. The molecule has 1 fully saturated rings. The number of esters is 1. The second kappa shape index (κ2) is 8.25. The molecule has 1 saturated heterocycles. The first-order valence-corrected chi connectivity index (χ1v) is 7.97. The van der Waals surface area contributed by atoms with Crippen LogP contribution in [0, 0.1) is 5.41 Å². The number of carbonyl (C=O) groups excluding carboxylic acids is 1. The van der Waals surface area contributed by atoms with Gasteiger partial charge in [-0.15, -0.1) is 0 Å². The Morgan fingerprint density at radius 3 is 3.05 bits per heavy atom. The Morgan fingerprint density at radius 2 is 2.36 bits per heavy atom. The standard InChI is InChI=1S/C17H26N2O3/c1-3-22-16(20)17(8-11-21-2)7-5-10-19(14-17)13-15-6-4-9-18-12-15/h4,6,9,12H,3,5,7-8,10-11,13-14H2,1-2H3. The number of methoxy groups -OCH3 is 1. The van der Waals surface area contributed by atoms with Gasteiger partial charge in [0, 0.05) is 39.2 Å². The molecule has 2 heterocycles. The fraction of sp³-hybridized carbons (Fsp3) is 0.647. The van der Waals surface area contributed by atoms with Gasteiger partial charge in [-0.3, -0.25) is 14.7 Å². The van der Waals surface area contributed by atoms with Crippen LogP contribution in [0.15, 0.2) is 24.5 Å². The predicted octanol–water partition coefficient (Wildman–Crippen LogP) is 2.26. The molecule has 0 amide bonds. The van der Waals surface area contributed by atoms with E-state index in [4.69, 9.17) is 9.47 Å². The van der Waals surface area contributed by atoms with Gasteiger partial charge in [-0.25, -0.2) is 0 Å². The van der Waals surface area contributed by atoms with E-state index in [1.807, 2.05) is 19.2 Å². The van der Waals surface area contributed by atoms with Gasteiger partial charge in [0.15, 0.2) is 0 Å². The van der Waals surface area contributed by atoms with Crippen LogP contribution in [0.25, 0.3) is 0 Å². The molecule has 0 N–H and O–H groups in total. The number of aromatic nitrogens is 1. The molecule has 1 aliphatic rings. The third-order valence-corrected chi connectivity index (χ3v) is 4.28. The topological polar surface area (TPSA) is 51.7 Å². The van der Waals surface area contributed by atoms with Gasteiger partial charge in [-0.1, -0.05) is 6.07 Å². The Morgan fingerprint density at radius 1 is 1.50 bits per heavy atom. The molecule has 1 aromatic rings. The van der Waals surface area contributed by atoms with Crippen LogP contribution in [-0.2, 0) is 20.8 Å². The Kier molecular flexibility index (Phi) is 6.34. The largest absolute Gasteiger partial charge is 0.466 e. The van der Waals surface area contributed by atoms with Gasteiger partial charge < -0.3 is 9.47 Å². The number of hydrogen-bond acceptors (Lipinski definition) is 5. The molecule has 122 valence electrons. The second-order valence-electron chi connectivity index (χ2n) is 5.92. The normalized spacial score (nSPS) is 22.5. The molecule has 0 aromatic carbocycles. The quantitative estimate of drug-likeness (QED) is 0.723. The van der Waals surface area contributed by atoms with E-state index in [1.165, 1.54) is 5.56 Å². The third-order valence-electron chi connectivity index (χ3n) is 4.28. The highest BCUT2D eigenvalue weighted by Gasteiger charge is 2.43. The highest BCUT2D eigenvalue weighted by atomic mass is 16.5. The average Bonchev–Trinajstić information content (AvgIpc) is 2.54. The SMILES string of the molecule is CCOC(=O)C1(CCOC)CCCN(Cc2cccnc2)C1. The van der Waals surface area contributed by atoms with Gasteiger partial charge in [0.25, 0.3) is 0 Å². The van der Waals surface area contributed by atoms with Crippen LogP contribution >= 0.6 is 0 Å². The molecule has 1 unspecified atom stereocenters. The summed E-state index contributed by atoms with van der Waals surface area (Å²) >= 11 is 0. The molecule has 0 saturated carbocycles. The molecule has 5 nitrogen and oxygen atoms in total. The lowest BCUT2D eigenvalue weighted by Crippen LogP contribution is -2.48. The molecule has 22 heavy (non-hydrogen) atoms. The van der Waals surface area contributed by atoms with Crippen molar-refractivity contribution in [1.29, 1.82) is 0 Å². The minimum absolute atomic E-state index is 0.0806. The van der Waals surface area contributed by atoms with Crippen LogP contribution in [0.1, 0.15) is 31.7 Å². The lowest BCUT2D eigenvalue weighted by atomic mass is 9.77. The summed E-state index contributed by atoms with van der Waals surface area (Å²) in [4.78, 5) is 19.0. The van der Waals surface area contributed by atoms with Gasteiger partial charge in [-0.2, -0.15) is 0 Å². The minimum Gasteiger partial charge on any atom is -0.466 e. The lowest BCUT2D eigenvalue weighted by molar-refractivity contribution is -0.160. The Labute approximate surface area is 132 Å². The molecule has 2 rings (SSSR count). The summed E-state index contributed by atoms with van der Waals surface area (Å²) in [6.07, 6.45) is 6.25. The Hall–Kier alpha value is -1.46. The van der Waals surface area contributed by atoms with Crippen LogP contribution in [0.2, 0.25) is 0 Å². The maximum absolute atomic E-state index is 12.5. The lowest BCUT2D eigenvalue weighted by Gasteiger charge is -2.41. The first kappa shape index (κ1) is 16.9. The van der Waals surface area contributed by atoms with Crippen molar-refractivity contribution in [2.75, 3.05) is 33.4 Å². The van der Waals surface area contributed by atoms with E-state index >= 15 is 0 Å². The highest BCUT2D eigenvalue weighted by molar-refractivity contribution is 5.77. The van der Waals surface area contributed by atoms with Crippen LogP contribution in [-0.4, -0.2) is 49.3 Å². The van der Waals surface area contributed by atoms with Crippen molar-refractivity contribution in [1.82, 2.24) is 9.88 Å². The van der Waals surface area contributed by atoms with Crippen LogP contribution in [0.3, 0.4) is 0 Å². The van der Waals surface area contributed by atoms with E-state index in [1.54, 1.807) is 13.3 Å². The van der Waals surface area contributed by atoms with Crippen molar-refractivity contribution in [2.45, 2.75) is 32.7 Å². The second-order valence-corrected chi connectivity index (χ2v) is 5.92. The van der Waals surface area contributed by atoms with Gasteiger partial charge in [0.2, 0.25) is 0 Å². The van der Waals surface area contributed by atoms with Crippen molar-refractivity contribution in [3.63, 3.8) is 0 Å². The highest BCUT2D eigenvalue weighted by Crippen LogP contribution is 2.35. The number of hydrogen-bond donors (Lipinski definition) is 0. The molecular weight excluding hydrogens is 280 g/mol. The van der Waals surface area contributed by atoms with Gasteiger partial charge in [0.1, 0.15) is 0 Å². The first-order valence-electron chi connectivity index (χ1n) is 7.97. The minimum atomic E-state index is -0.438. The van der Waals surface area contributed by atoms with E-state index in [9.17, 15) is 4.79 Å². The summed E-state index contributed by atoms with van der Waals surface area (Å²) in [6, 6.07) is 4.02. The Balaban J connectivity index is 2.07. The molecule has 5 heteroatoms. The van der Waals surface area contributed by atoms with Crippen molar-refractivity contribution in [3.05, 3.63) is 30.1 Å². The fourth-order valence-corrected chi connectivity index (χ4v) is 3.17. The van der Waals surface area contributed by atoms with E-state index in [2.05, 4.69) is 16.0 Å². The molecule has 1 aliphatic heterocycles. The Bertz CT molecular complexity index is 466. The van der Waals surface area contributed by atoms with Crippen molar-refractivity contribution >= 4 is 5.97 Å². The fourth-order valence-electron chi connectivity index (χ4n) is 3.17. The number of nitrogens with zero attached hydrogens (tertiary/aromatic N) is 2. The zero-order chi connectivity index (χ0) is 15.8. The summed E-state index contributed by atoms with van der Waals surface area (Å²) in [7, 11) is 1.68. The summed E-state index contributed by atoms with van der Waals surface area (Å²) in [5, 5.41) is 0.